The van der Waals surface area contributed by atoms with E-state index in [1.54, 1.807) is 0 Å². The summed E-state index contributed by atoms with van der Waals surface area (Å²) in [5, 5.41) is 12.1. The van der Waals surface area contributed by atoms with Gasteiger partial charge in [-0.3, -0.25) is 0 Å². The standard InChI is InChI=1S/C45H45N3O/c1-44(2)40-29-31(30-46)13-22-38(40)41-36-11-5-6-12-37(36)43-39(42(41)44)23-24-45(49-43,32-14-18-34(19-15-32)47-25-7-3-8-26-47)33-16-20-35(21-17-33)48-27-9-4-10-28-48/h5-6,11-16,18-20,22-24,29H,3-4,7-10,17,21,25-28H2,1-2H3. The molecule has 0 spiro atoms. The minimum Gasteiger partial charge on any atom is -0.473 e. The van der Waals surface area contributed by atoms with Crippen molar-refractivity contribution in [2.75, 3.05) is 31.1 Å². The summed E-state index contributed by atoms with van der Waals surface area (Å²) in [5.74, 6) is 0.963. The van der Waals surface area contributed by atoms with Crippen LogP contribution in [0, 0.1) is 11.3 Å². The quantitative estimate of drug-likeness (QED) is 0.222. The Bertz CT molecular complexity index is 2100. The summed E-state index contributed by atoms with van der Waals surface area (Å²) in [5.41, 5.74) is 11.1. The van der Waals surface area contributed by atoms with E-state index in [0.29, 0.717) is 5.56 Å². The monoisotopic (exact) mass is 643 g/mol. The molecule has 3 aliphatic heterocycles. The molecule has 4 heteroatoms. The topological polar surface area (TPSA) is 39.5 Å². The number of fused-ring (bicyclic) bond motifs is 8. The minimum atomic E-state index is -0.710. The zero-order valence-electron chi connectivity index (χ0n) is 28.9. The maximum Gasteiger partial charge on any atom is 0.174 e. The molecule has 0 N–H and O–H groups in total. The van der Waals surface area contributed by atoms with Gasteiger partial charge in [-0.2, -0.15) is 5.26 Å². The predicted octanol–water partition coefficient (Wildman–Crippen LogP) is 10.4. The number of allylic oxidation sites excluding steroid dienone is 3. The van der Waals surface area contributed by atoms with Crippen molar-refractivity contribution in [1.82, 2.24) is 4.90 Å². The van der Waals surface area contributed by atoms with Gasteiger partial charge in [0.05, 0.1) is 11.6 Å². The third-order valence-corrected chi connectivity index (χ3v) is 12.1. The Hall–Kier alpha value is -4.75. The van der Waals surface area contributed by atoms with E-state index < -0.39 is 5.60 Å². The number of hydrogen-bond donors (Lipinski definition) is 0. The highest BCUT2D eigenvalue weighted by atomic mass is 16.5. The van der Waals surface area contributed by atoms with Crippen LogP contribution in [0.25, 0.3) is 28.0 Å². The summed E-state index contributed by atoms with van der Waals surface area (Å²) in [7, 11) is 0. The molecule has 2 aliphatic carbocycles. The van der Waals surface area contributed by atoms with Crippen molar-refractivity contribution in [3.05, 3.63) is 124 Å². The molecule has 4 aromatic carbocycles. The first kappa shape index (κ1) is 30.3. The van der Waals surface area contributed by atoms with E-state index in [4.69, 9.17) is 4.74 Å². The summed E-state index contributed by atoms with van der Waals surface area (Å²) in [6.07, 6.45) is 19.3. The van der Waals surface area contributed by atoms with Gasteiger partial charge in [0.25, 0.3) is 0 Å². The van der Waals surface area contributed by atoms with Crippen molar-refractivity contribution >= 4 is 22.5 Å². The molecule has 2 saturated heterocycles. The number of piperidine rings is 2. The van der Waals surface area contributed by atoms with Crippen molar-refractivity contribution in [3.63, 3.8) is 0 Å². The first-order valence-electron chi connectivity index (χ1n) is 18.5. The van der Waals surface area contributed by atoms with Gasteiger partial charge in [0.2, 0.25) is 0 Å². The fourth-order valence-electron chi connectivity index (χ4n) is 9.47. The zero-order valence-corrected chi connectivity index (χ0v) is 28.9. The average Bonchev–Trinajstić information content (AvgIpc) is 3.41. The molecule has 0 radical (unpaired) electrons. The fourth-order valence-corrected chi connectivity index (χ4v) is 9.47. The number of anilines is 1. The van der Waals surface area contributed by atoms with E-state index in [2.05, 4.69) is 115 Å². The lowest BCUT2D eigenvalue weighted by molar-refractivity contribution is 0.152. The van der Waals surface area contributed by atoms with Gasteiger partial charge in [0, 0.05) is 59.5 Å². The summed E-state index contributed by atoms with van der Waals surface area (Å²) in [6, 6.07) is 26.6. The summed E-state index contributed by atoms with van der Waals surface area (Å²) in [4.78, 5) is 5.15. The van der Waals surface area contributed by atoms with Crippen LogP contribution < -0.4 is 9.64 Å². The Morgan fingerprint density at radius 1 is 0.755 bits per heavy atom. The van der Waals surface area contributed by atoms with Crippen molar-refractivity contribution in [2.45, 2.75) is 76.2 Å². The Kier molecular flexibility index (Phi) is 7.24. The minimum absolute atomic E-state index is 0.286. The van der Waals surface area contributed by atoms with Gasteiger partial charge >= 0.3 is 0 Å². The number of benzene rings is 4. The molecule has 246 valence electrons. The van der Waals surface area contributed by atoms with Crippen molar-refractivity contribution < 1.29 is 4.74 Å². The normalized spacial score (nSPS) is 22.4. The van der Waals surface area contributed by atoms with Crippen LogP contribution in [0.2, 0.25) is 0 Å². The van der Waals surface area contributed by atoms with Crippen LogP contribution in [0.3, 0.4) is 0 Å². The molecule has 3 heterocycles. The molecule has 4 nitrogen and oxygen atoms in total. The largest absolute Gasteiger partial charge is 0.473 e. The average molecular weight is 644 g/mol. The summed E-state index contributed by atoms with van der Waals surface area (Å²) < 4.78 is 7.62. The van der Waals surface area contributed by atoms with Crippen LogP contribution in [0.1, 0.15) is 93.0 Å². The molecule has 9 rings (SSSR count). The van der Waals surface area contributed by atoms with Gasteiger partial charge < -0.3 is 14.5 Å². The number of likely N-dealkylation sites (tertiary alicyclic amines) is 1. The molecule has 2 fully saturated rings. The smallest absolute Gasteiger partial charge is 0.174 e. The Balaban J connectivity index is 1.21. The van der Waals surface area contributed by atoms with Gasteiger partial charge in [-0.05, 0) is 121 Å². The summed E-state index contributed by atoms with van der Waals surface area (Å²) >= 11 is 0. The van der Waals surface area contributed by atoms with Crippen LogP contribution in [0.4, 0.5) is 5.69 Å². The first-order valence-corrected chi connectivity index (χ1v) is 18.5. The lowest BCUT2D eigenvalue weighted by atomic mass is 9.75. The maximum atomic E-state index is 9.80. The van der Waals surface area contributed by atoms with Crippen LogP contribution in [-0.2, 0) is 11.0 Å². The van der Waals surface area contributed by atoms with Crippen molar-refractivity contribution in [2.24, 2.45) is 0 Å². The molecule has 0 bridgehead atoms. The molecule has 1 unspecified atom stereocenters. The molecule has 0 amide bonds. The zero-order chi connectivity index (χ0) is 33.2. The van der Waals surface area contributed by atoms with Crippen LogP contribution in [-0.4, -0.2) is 31.1 Å². The molecule has 0 saturated carbocycles. The highest BCUT2D eigenvalue weighted by molar-refractivity contribution is 6.08. The number of nitrogens with zero attached hydrogens (tertiary/aromatic N) is 3. The maximum absolute atomic E-state index is 9.80. The van der Waals surface area contributed by atoms with E-state index >= 15 is 0 Å². The van der Waals surface area contributed by atoms with Gasteiger partial charge in [-0.1, -0.05) is 68.5 Å². The van der Waals surface area contributed by atoms with Gasteiger partial charge in [-0.25, -0.2) is 0 Å². The van der Waals surface area contributed by atoms with Gasteiger partial charge in [0.1, 0.15) is 5.75 Å². The number of ether oxygens (including phenoxy) is 1. The Labute approximate surface area is 291 Å². The molecule has 1 atom stereocenters. The molecule has 4 aromatic rings. The second kappa shape index (κ2) is 11.7. The second-order valence-electron chi connectivity index (χ2n) is 15.2. The molecule has 0 aromatic heterocycles. The van der Waals surface area contributed by atoms with Crippen LogP contribution in [0.15, 0.2) is 96.2 Å². The summed E-state index contributed by atoms with van der Waals surface area (Å²) in [6.45, 7) is 9.22. The van der Waals surface area contributed by atoms with Crippen molar-refractivity contribution in [1.29, 1.82) is 5.26 Å². The Morgan fingerprint density at radius 3 is 2.16 bits per heavy atom. The molecule has 5 aliphatic rings. The highest BCUT2D eigenvalue weighted by Gasteiger charge is 2.45. The fraction of sp³-hybridized carbons (Fsp3) is 0.356. The van der Waals surface area contributed by atoms with E-state index in [1.807, 2.05) is 6.07 Å². The SMILES string of the molecule is CC1(C)c2cc(C#N)ccc2-c2c1c1c(c3ccccc23)OC(C2=CC=C(N3CCCCC3)CC2)(c2ccc(N3CCCCC3)cc2)C=C1. The molecular formula is C45H45N3O. The molecule has 49 heavy (non-hydrogen) atoms. The third kappa shape index (κ3) is 4.77. The van der Waals surface area contributed by atoms with E-state index in [9.17, 15) is 5.26 Å². The number of nitriles is 1. The Morgan fingerprint density at radius 2 is 1.47 bits per heavy atom. The number of rotatable bonds is 4. The number of hydrogen-bond acceptors (Lipinski definition) is 4. The van der Waals surface area contributed by atoms with Gasteiger partial charge in [-0.15, -0.1) is 0 Å². The lowest BCUT2D eigenvalue weighted by Crippen LogP contribution is -2.37. The van der Waals surface area contributed by atoms with Gasteiger partial charge in [0.15, 0.2) is 5.60 Å². The first-order chi connectivity index (χ1) is 24.0. The van der Waals surface area contributed by atoms with Crippen LogP contribution in [0.5, 0.6) is 5.75 Å². The highest BCUT2D eigenvalue weighted by Crippen LogP contribution is 2.58. The van der Waals surface area contributed by atoms with Crippen molar-refractivity contribution in [3.8, 4) is 22.9 Å². The second-order valence-corrected chi connectivity index (χ2v) is 15.2. The third-order valence-electron chi connectivity index (χ3n) is 12.1. The van der Waals surface area contributed by atoms with E-state index in [-0.39, 0.29) is 5.41 Å². The molecular weight excluding hydrogens is 599 g/mol. The van der Waals surface area contributed by atoms with E-state index in [0.717, 1.165) is 42.6 Å². The van der Waals surface area contributed by atoms with Crippen LogP contribution >= 0.6 is 0 Å². The lowest BCUT2D eigenvalue weighted by Gasteiger charge is -2.41. The predicted molar refractivity (Wildman–Crippen MR) is 201 cm³/mol. The van der Waals surface area contributed by atoms with E-state index in [1.165, 1.54) is 102 Å².